The molecule has 8 heteroatoms. The number of hydrogen-bond acceptors (Lipinski definition) is 7. The van der Waals surface area contributed by atoms with Crippen molar-refractivity contribution in [1.82, 2.24) is 9.80 Å². The Labute approximate surface area is 116 Å². The molecule has 1 rings (SSSR count). The number of imide groups is 1. The van der Waals surface area contributed by atoms with Gasteiger partial charge in [0.05, 0.1) is 27.3 Å². The molecule has 0 aromatic rings. The number of esters is 2. The molecular weight excluding hydrogens is 268 g/mol. The molecule has 0 aromatic carbocycles. The predicted molar refractivity (Wildman–Crippen MR) is 66.4 cm³/mol. The molecule has 0 unspecified atom stereocenters. The van der Waals surface area contributed by atoms with E-state index in [4.69, 9.17) is 0 Å². The Kier molecular flexibility index (Phi) is 6.10. The van der Waals surface area contributed by atoms with Crippen LogP contribution in [-0.2, 0) is 28.7 Å². The van der Waals surface area contributed by atoms with Crippen molar-refractivity contribution in [3.8, 4) is 0 Å². The third-order valence-electron chi connectivity index (χ3n) is 2.96. The molecule has 0 spiro atoms. The second kappa shape index (κ2) is 7.59. The van der Waals surface area contributed by atoms with E-state index in [0.717, 1.165) is 4.90 Å². The van der Waals surface area contributed by atoms with Crippen molar-refractivity contribution in [2.45, 2.75) is 12.8 Å². The highest BCUT2D eigenvalue weighted by Crippen LogP contribution is 2.11. The minimum absolute atomic E-state index is 0.109. The highest BCUT2D eigenvalue weighted by Gasteiger charge is 2.29. The molecule has 0 atom stereocenters. The number of carbonyl (C=O) groups excluding carboxylic acids is 4. The minimum atomic E-state index is -0.507. The summed E-state index contributed by atoms with van der Waals surface area (Å²) in [5, 5.41) is 0. The van der Waals surface area contributed by atoms with Gasteiger partial charge in [-0.3, -0.25) is 29.0 Å². The maximum Gasteiger partial charge on any atom is 0.319 e. The van der Waals surface area contributed by atoms with Crippen LogP contribution in [0.2, 0.25) is 0 Å². The summed E-state index contributed by atoms with van der Waals surface area (Å²) in [5.41, 5.74) is 0. The summed E-state index contributed by atoms with van der Waals surface area (Å²) in [6, 6.07) is 0. The van der Waals surface area contributed by atoms with E-state index in [2.05, 4.69) is 9.47 Å². The van der Waals surface area contributed by atoms with Crippen LogP contribution >= 0.6 is 0 Å². The van der Waals surface area contributed by atoms with Crippen molar-refractivity contribution in [3.05, 3.63) is 0 Å². The molecule has 1 aliphatic rings. The van der Waals surface area contributed by atoms with E-state index >= 15 is 0 Å². The summed E-state index contributed by atoms with van der Waals surface area (Å²) < 4.78 is 9.06. The van der Waals surface area contributed by atoms with Gasteiger partial charge in [0.1, 0.15) is 0 Å². The zero-order valence-electron chi connectivity index (χ0n) is 11.6. The number of ether oxygens (including phenoxy) is 2. The van der Waals surface area contributed by atoms with Crippen molar-refractivity contribution in [2.75, 3.05) is 40.4 Å². The molecule has 112 valence electrons. The molecule has 0 aliphatic carbocycles. The minimum Gasteiger partial charge on any atom is -0.468 e. The van der Waals surface area contributed by atoms with Gasteiger partial charge in [0.2, 0.25) is 11.8 Å². The summed E-state index contributed by atoms with van der Waals surface area (Å²) in [6.07, 6.45) is 0.430. The molecule has 0 bridgehead atoms. The van der Waals surface area contributed by atoms with Gasteiger partial charge in [-0.05, 0) is 0 Å². The number of hydrogen-bond donors (Lipinski definition) is 0. The second-order valence-corrected chi connectivity index (χ2v) is 4.30. The summed E-state index contributed by atoms with van der Waals surface area (Å²) in [4.78, 5) is 48.0. The second-order valence-electron chi connectivity index (χ2n) is 4.30. The monoisotopic (exact) mass is 286 g/mol. The quantitative estimate of drug-likeness (QED) is 0.428. The van der Waals surface area contributed by atoms with Crippen molar-refractivity contribution in [1.29, 1.82) is 0 Å². The van der Waals surface area contributed by atoms with Crippen molar-refractivity contribution < 1.29 is 28.7 Å². The zero-order valence-corrected chi connectivity index (χ0v) is 11.6. The van der Waals surface area contributed by atoms with E-state index in [9.17, 15) is 19.2 Å². The number of nitrogens with zero attached hydrogens (tertiary/aromatic N) is 2. The van der Waals surface area contributed by atoms with Gasteiger partial charge in [0.25, 0.3) is 0 Å². The van der Waals surface area contributed by atoms with Crippen LogP contribution in [-0.4, -0.2) is 74.0 Å². The molecule has 0 aromatic heterocycles. The molecule has 8 nitrogen and oxygen atoms in total. The van der Waals surface area contributed by atoms with Crippen LogP contribution in [0.3, 0.4) is 0 Å². The smallest absolute Gasteiger partial charge is 0.319 e. The van der Waals surface area contributed by atoms with Gasteiger partial charge in [-0.1, -0.05) is 0 Å². The van der Waals surface area contributed by atoms with E-state index in [-0.39, 0.29) is 50.8 Å². The normalized spacial score (nSPS) is 14.8. The first-order chi connectivity index (χ1) is 9.47. The Morgan fingerprint density at radius 3 is 1.90 bits per heavy atom. The van der Waals surface area contributed by atoms with Crippen LogP contribution in [0.1, 0.15) is 12.8 Å². The van der Waals surface area contributed by atoms with Crippen LogP contribution in [0.4, 0.5) is 0 Å². The lowest BCUT2D eigenvalue weighted by molar-refractivity contribution is -0.145. The number of likely N-dealkylation sites (tertiary alicyclic amines) is 1. The highest BCUT2D eigenvalue weighted by molar-refractivity contribution is 6.01. The number of amides is 2. The van der Waals surface area contributed by atoms with Gasteiger partial charge < -0.3 is 9.47 Å². The van der Waals surface area contributed by atoms with E-state index < -0.39 is 11.9 Å². The number of carbonyl (C=O) groups is 4. The average molecular weight is 286 g/mol. The highest BCUT2D eigenvalue weighted by atomic mass is 16.5. The summed E-state index contributed by atoms with van der Waals surface area (Å²) in [7, 11) is 2.48. The Hall–Kier alpha value is -1.96. The summed E-state index contributed by atoms with van der Waals surface area (Å²) in [6.45, 7) is 0.136. The summed E-state index contributed by atoms with van der Waals surface area (Å²) >= 11 is 0. The van der Waals surface area contributed by atoms with Crippen molar-refractivity contribution in [2.24, 2.45) is 0 Å². The van der Waals surface area contributed by atoms with Gasteiger partial charge in [0.15, 0.2) is 0 Å². The molecule has 0 N–H and O–H groups in total. The maximum absolute atomic E-state index is 11.5. The molecule has 0 saturated carbocycles. The lowest BCUT2D eigenvalue weighted by Crippen LogP contribution is -2.42. The Balaban J connectivity index is 2.54. The topological polar surface area (TPSA) is 93.2 Å². The zero-order chi connectivity index (χ0) is 15.1. The Morgan fingerprint density at radius 2 is 1.50 bits per heavy atom. The van der Waals surface area contributed by atoms with E-state index in [0.29, 0.717) is 0 Å². The fourth-order valence-corrected chi connectivity index (χ4v) is 1.82. The van der Waals surface area contributed by atoms with Gasteiger partial charge in [-0.15, -0.1) is 0 Å². The van der Waals surface area contributed by atoms with E-state index in [1.807, 2.05) is 0 Å². The van der Waals surface area contributed by atoms with Gasteiger partial charge in [-0.2, -0.15) is 0 Å². The van der Waals surface area contributed by atoms with Crippen LogP contribution in [0.5, 0.6) is 0 Å². The fourth-order valence-electron chi connectivity index (χ4n) is 1.82. The van der Waals surface area contributed by atoms with Gasteiger partial charge in [0, 0.05) is 25.9 Å². The molecule has 2 amide bonds. The van der Waals surface area contributed by atoms with Crippen LogP contribution < -0.4 is 0 Å². The maximum atomic E-state index is 11.5. The number of methoxy groups -OCH3 is 2. The van der Waals surface area contributed by atoms with Crippen LogP contribution in [0.15, 0.2) is 0 Å². The van der Waals surface area contributed by atoms with Gasteiger partial charge in [-0.25, -0.2) is 0 Å². The first kappa shape index (κ1) is 16.1. The van der Waals surface area contributed by atoms with Crippen molar-refractivity contribution >= 4 is 23.8 Å². The largest absolute Gasteiger partial charge is 0.468 e. The SMILES string of the molecule is COC(=O)CN(CCN1C(=O)CCC1=O)CC(=O)OC. The predicted octanol–water partition coefficient (Wildman–Crippen LogP) is -1.22. The third kappa shape index (κ3) is 4.61. The van der Waals surface area contributed by atoms with Crippen LogP contribution in [0.25, 0.3) is 0 Å². The fraction of sp³-hybridized carbons (Fsp3) is 0.667. The van der Waals surface area contributed by atoms with Gasteiger partial charge >= 0.3 is 11.9 Å². The van der Waals surface area contributed by atoms with E-state index in [1.165, 1.54) is 19.1 Å². The lowest BCUT2D eigenvalue weighted by Gasteiger charge is -2.22. The summed E-state index contributed by atoms with van der Waals surface area (Å²) in [5.74, 6) is -1.47. The average Bonchev–Trinajstić information content (AvgIpc) is 2.75. The molecule has 1 saturated heterocycles. The molecular formula is C12H18N2O6. The molecule has 1 fully saturated rings. The Morgan fingerprint density at radius 1 is 1.05 bits per heavy atom. The third-order valence-corrected chi connectivity index (χ3v) is 2.96. The molecule has 1 aliphatic heterocycles. The standard InChI is InChI=1S/C12H18N2O6/c1-19-11(17)7-13(8-12(18)20-2)5-6-14-9(15)3-4-10(14)16/h3-8H2,1-2H3. The van der Waals surface area contributed by atoms with Crippen LogP contribution in [0, 0.1) is 0 Å². The first-order valence-electron chi connectivity index (χ1n) is 6.17. The molecule has 0 radical (unpaired) electrons. The number of rotatable bonds is 7. The Bertz CT molecular complexity index is 375. The van der Waals surface area contributed by atoms with E-state index in [1.54, 1.807) is 0 Å². The molecule has 1 heterocycles. The van der Waals surface area contributed by atoms with Crippen molar-refractivity contribution in [3.63, 3.8) is 0 Å². The lowest BCUT2D eigenvalue weighted by atomic mass is 10.4. The molecule has 20 heavy (non-hydrogen) atoms. The first-order valence-corrected chi connectivity index (χ1v) is 6.17.